The van der Waals surface area contributed by atoms with Crippen LogP contribution in [0.15, 0.2) is 130 Å². The van der Waals surface area contributed by atoms with E-state index in [1.54, 1.807) is 0 Å². The topological polar surface area (TPSA) is 116 Å². The van der Waals surface area contributed by atoms with Crippen molar-refractivity contribution in [3.63, 3.8) is 0 Å². The summed E-state index contributed by atoms with van der Waals surface area (Å²) in [4.78, 5) is 12.2. The van der Waals surface area contributed by atoms with E-state index in [0.717, 1.165) is 52.7 Å². The number of aliphatic hydroxyl groups is 4. The molecule has 0 aromatic carbocycles. The van der Waals surface area contributed by atoms with Gasteiger partial charge in [0.2, 0.25) is 0 Å². The van der Waals surface area contributed by atoms with Gasteiger partial charge in [0.05, 0.1) is 12.2 Å². The van der Waals surface area contributed by atoms with Crippen molar-refractivity contribution in [1.82, 2.24) is 0 Å². The van der Waals surface area contributed by atoms with Gasteiger partial charge in [-0.2, -0.15) is 0 Å². The first kappa shape index (κ1) is 45.7. The Morgan fingerprint density at radius 3 is 1.85 bits per heavy atom. The van der Waals surface area contributed by atoms with Gasteiger partial charge in [-0.25, -0.2) is 0 Å². The molecule has 1 aliphatic carbocycles. The lowest BCUT2D eigenvalue weighted by atomic mass is 9.72. The van der Waals surface area contributed by atoms with Crippen LogP contribution in [0.25, 0.3) is 0 Å². The first-order valence-corrected chi connectivity index (χ1v) is 18.8. The highest BCUT2D eigenvalue weighted by Gasteiger charge is 2.45. The molecule has 0 radical (unpaired) electrons. The van der Waals surface area contributed by atoms with E-state index in [-0.39, 0.29) is 11.2 Å². The monoisotopic (exact) mass is 730 g/mol. The van der Waals surface area contributed by atoms with Crippen molar-refractivity contribution >= 4 is 5.78 Å². The zero-order valence-corrected chi connectivity index (χ0v) is 33.8. The van der Waals surface area contributed by atoms with Crippen LogP contribution in [-0.2, 0) is 14.3 Å². The highest BCUT2D eigenvalue weighted by atomic mass is 16.7. The van der Waals surface area contributed by atoms with Crippen molar-refractivity contribution in [1.29, 1.82) is 0 Å². The molecule has 7 heteroatoms. The SMILES string of the molecule is CC1=C(/C=C/C(C)=C/C=C/C(C)=C/C=C/C=C(C)/C=C/C=C(C)/C=C/C=C(\C)CCCC(C)(C)O[C@@H]2O[C@H](CO)[C@@H](O)C(O)C2O)C(C)(C)CCC1=O. The number of carbonyl (C=O) groups excluding carboxylic acids is 1. The standard InChI is InChI=1S/C46H66O7/c1-32(17-11-12-18-33(2)20-15-24-36(5)26-27-38-37(6)39(48)28-30-45(38,7)8)19-13-21-34(3)22-14-23-35(4)25-16-29-46(9,10)53-44-43(51)42(50)41(49)40(31-47)52-44/h11-15,17-24,26-27,40-44,47,49-51H,16,25,28-31H2,1-10H3/b12-11+,19-13+,20-15+,22-14+,27-26+,32-17+,33-18+,34-21+,35-23+,36-24+/t40-,41-,42?,43?,44+/m1/s1. The van der Waals surface area contributed by atoms with Crippen LogP contribution < -0.4 is 0 Å². The Morgan fingerprint density at radius 1 is 0.792 bits per heavy atom. The predicted molar refractivity (Wildman–Crippen MR) is 218 cm³/mol. The fourth-order valence-electron chi connectivity index (χ4n) is 6.09. The number of aliphatic hydroxyl groups excluding tert-OH is 4. The Labute approximate surface area is 319 Å². The van der Waals surface area contributed by atoms with Gasteiger partial charge < -0.3 is 29.9 Å². The molecule has 1 saturated heterocycles. The number of carbonyl (C=O) groups is 1. The molecular weight excluding hydrogens is 664 g/mol. The zero-order valence-electron chi connectivity index (χ0n) is 33.8. The number of ether oxygens (including phenoxy) is 2. The van der Waals surface area contributed by atoms with Crippen molar-refractivity contribution < 1.29 is 34.7 Å². The van der Waals surface area contributed by atoms with Crippen molar-refractivity contribution in [3.8, 4) is 0 Å². The zero-order chi connectivity index (χ0) is 39.8. The molecule has 0 bridgehead atoms. The summed E-state index contributed by atoms with van der Waals surface area (Å²) in [5.41, 5.74) is 7.20. The molecule has 0 aromatic heterocycles. The van der Waals surface area contributed by atoms with Crippen LogP contribution in [-0.4, -0.2) is 69.1 Å². The molecule has 53 heavy (non-hydrogen) atoms. The second-order valence-corrected chi connectivity index (χ2v) is 15.7. The first-order chi connectivity index (χ1) is 24.9. The number of Topliss-reactive ketones (excluding diaryl/α,β-unsaturated/α-hetero) is 1. The normalized spacial score (nSPS) is 26.2. The summed E-state index contributed by atoms with van der Waals surface area (Å²) in [6.07, 6.45) is 28.6. The van der Waals surface area contributed by atoms with Gasteiger partial charge in [0.25, 0.3) is 0 Å². The predicted octanol–water partition coefficient (Wildman–Crippen LogP) is 8.97. The van der Waals surface area contributed by atoms with E-state index in [0.29, 0.717) is 12.8 Å². The van der Waals surface area contributed by atoms with Crippen molar-refractivity contribution in [2.45, 2.75) is 138 Å². The Morgan fingerprint density at radius 2 is 1.30 bits per heavy atom. The third-order valence-electron chi connectivity index (χ3n) is 9.68. The Balaban J connectivity index is 1.79. The smallest absolute Gasteiger partial charge is 0.187 e. The summed E-state index contributed by atoms with van der Waals surface area (Å²) in [5, 5.41) is 39.7. The van der Waals surface area contributed by atoms with Crippen molar-refractivity contribution in [2.24, 2.45) is 5.41 Å². The third-order valence-corrected chi connectivity index (χ3v) is 9.68. The fourth-order valence-corrected chi connectivity index (χ4v) is 6.09. The van der Waals surface area contributed by atoms with Crippen LogP contribution in [0, 0.1) is 5.41 Å². The summed E-state index contributed by atoms with van der Waals surface area (Å²) in [5.74, 6) is 0.260. The molecule has 1 heterocycles. The second-order valence-electron chi connectivity index (χ2n) is 15.7. The Bertz CT molecular complexity index is 1570. The van der Waals surface area contributed by atoms with Crippen LogP contribution in [0.1, 0.15) is 101 Å². The van der Waals surface area contributed by atoms with Crippen LogP contribution in [0.3, 0.4) is 0 Å². The van der Waals surface area contributed by atoms with E-state index in [1.807, 2.05) is 45.1 Å². The summed E-state index contributed by atoms with van der Waals surface area (Å²) in [6, 6.07) is 0. The van der Waals surface area contributed by atoms with E-state index in [9.17, 15) is 25.2 Å². The lowest BCUT2D eigenvalue weighted by Gasteiger charge is -2.42. The molecule has 7 nitrogen and oxygen atoms in total. The number of hydrogen-bond donors (Lipinski definition) is 4. The lowest BCUT2D eigenvalue weighted by molar-refractivity contribution is -0.323. The van der Waals surface area contributed by atoms with Crippen LogP contribution in [0.5, 0.6) is 0 Å². The maximum atomic E-state index is 12.2. The molecule has 5 atom stereocenters. The molecule has 292 valence electrons. The van der Waals surface area contributed by atoms with E-state index < -0.39 is 42.9 Å². The molecular formula is C46H66O7. The third kappa shape index (κ3) is 16.2. The van der Waals surface area contributed by atoms with E-state index in [1.165, 1.54) is 5.57 Å². The minimum Gasteiger partial charge on any atom is -0.394 e. The average Bonchev–Trinajstić information content (AvgIpc) is 3.08. The molecule has 4 N–H and O–H groups in total. The van der Waals surface area contributed by atoms with Gasteiger partial charge in [-0.05, 0) is 97.6 Å². The van der Waals surface area contributed by atoms with E-state index >= 15 is 0 Å². The van der Waals surface area contributed by atoms with E-state index in [2.05, 4.69) is 115 Å². The minimum absolute atomic E-state index is 0.0248. The van der Waals surface area contributed by atoms with Gasteiger partial charge in [0.1, 0.15) is 24.4 Å². The molecule has 0 aromatic rings. The quantitative estimate of drug-likeness (QED) is 0.110. The molecule has 0 amide bonds. The lowest BCUT2D eigenvalue weighted by Crippen LogP contribution is -2.60. The van der Waals surface area contributed by atoms with Gasteiger partial charge >= 0.3 is 0 Å². The van der Waals surface area contributed by atoms with Gasteiger partial charge in [-0.1, -0.05) is 133 Å². The maximum Gasteiger partial charge on any atom is 0.187 e. The molecule has 2 aliphatic rings. The van der Waals surface area contributed by atoms with Crippen LogP contribution in [0.2, 0.25) is 0 Å². The largest absolute Gasteiger partial charge is 0.394 e. The summed E-state index contributed by atoms with van der Waals surface area (Å²) < 4.78 is 11.4. The fraction of sp³-hybridized carbons (Fsp3) is 0.500. The number of allylic oxidation sites excluding steroid dienone is 22. The highest BCUT2D eigenvalue weighted by molar-refractivity contribution is 5.97. The highest BCUT2D eigenvalue weighted by Crippen LogP contribution is 2.39. The second kappa shape index (κ2) is 22.1. The van der Waals surface area contributed by atoms with E-state index in [4.69, 9.17) is 9.47 Å². The van der Waals surface area contributed by atoms with Crippen molar-refractivity contribution in [3.05, 3.63) is 130 Å². The Hall–Kier alpha value is -3.43. The van der Waals surface area contributed by atoms with Crippen molar-refractivity contribution in [2.75, 3.05) is 6.61 Å². The number of hydrogen-bond acceptors (Lipinski definition) is 7. The van der Waals surface area contributed by atoms with Crippen LogP contribution >= 0.6 is 0 Å². The number of ketones is 1. The average molecular weight is 731 g/mol. The first-order valence-electron chi connectivity index (χ1n) is 18.8. The Kier molecular flexibility index (Phi) is 19.0. The molecule has 0 spiro atoms. The van der Waals surface area contributed by atoms with Gasteiger partial charge in [0.15, 0.2) is 12.1 Å². The molecule has 1 aliphatic heterocycles. The molecule has 2 rings (SSSR count). The van der Waals surface area contributed by atoms with Gasteiger partial charge in [-0.15, -0.1) is 0 Å². The van der Waals surface area contributed by atoms with Gasteiger partial charge in [-0.3, -0.25) is 4.79 Å². The maximum absolute atomic E-state index is 12.2. The summed E-state index contributed by atoms with van der Waals surface area (Å²) in [6.45, 7) is 20.0. The molecule has 1 fully saturated rings. The molecule has 2 unspecified atom stereocenters. The minimum atomic E-state index is -1.45. The molecule has 0 saturated carbocycles. The summed E-state index contributed by atoms with van der Waals surface area (Å²) >= 11 is 0. The van der Waals surface area contributed by atoms with Crippen LogP contribution in [0.4, 0.5) is 0 Å². The summed E-state index contributed by atoms with van der Waals surface area (Å²) in [7, 11) is 0. The van der Waals surface area contributed by atoms with Gasteiger partial charge in [0, 0.05) is 6.42 Å². The number of rotatable bonds is 17.